The number of rotatable bonds is 7. The fraction of sp³-hybridized carbons (Fsp3) is 0.533. The van der Waals surface area contributed by atoms with E-state index >= 15 is 0 Å². The monoisotopic (exact) mass is 281 g/mol. The minimum absolute atomic E-state index is 0.337. The highest BCUT2D eigenvalue weighted by Gasteiger charge is 2.28. The van der Waals surface area contributed by atoms with E-state index in [1.165, 1.54) is 18.2 Å². The van der Waals surface area contributed by atoms with Gasteiger partial charge in [-0.3, -0.25) is 4.79 Å². The van der Waals surface area contributed by atoms with E-state index in [0.29, 0.717) is 6.42 Å². The molecule has 0 heterocycles. The topological polar surface area (TPSA) is 52.3 Å². The third-order valence-electron chi connectivity index (χ3n) is 2.99. The third-order valence-corrected chi connectivity index (χ3v) is 4.10. The molecule has 0 aliphatic carbocycles. The summed E-state index contributed by atoms with van der Waals surface area (Å²) in [6.45, 7) is 3.83. The average molecular weight is 281 g/mol. The molecular formula is C15H23NO2S. The van der Waals surface area contributed by atoms with Gasteiger partial charge in [0.15, 0.2) is 0 Å². The average Bonchev–Trinajstić information content (AvgIpc) is 2.37. The van der Waals surface area contributed by atoms with Crippen LogP contribution in [0.4, 0.5) is 0 Å². The van der Waals surface area contributed by atoms with Crippen LogP contribution in [0.1, 0.15) is 30.9 Å². The second-order valence-corrected chi connectivity index (χ2v) is 6.16. The minimum Gasteiger partial charge on any atom is -0.468 e. The van der Waals surface area contributed by atoms with Gasteiger partial charge in [0, 0.05) is 5.75 Å². The van der Waals surface area contributed by atoms with Gasteiger partial charge < -0.3 is 10.5 Å². The standard InChI is InChI=1S/C15H23NO2S/c1-12-6-4-7-13(10-12)11-19-9-5-8-15(2,16)14(17)18-3/h4,6-7,10H,5,8-9,11,16H2,1-3H3. The zero-order chi connectivity index (χ0) is 14.3. The Balaban J connectivity index is 2.23. The highest BCUT2D eigenvalue weighted by atomic mass is 32.2. The third kappa shape index (κ3) is 5.66. The van der Waals surface area contributed by atoms with Crippen molar-refractivity contribution >= 4 is 17.7 Å². The number of hydrogen-bond acceptors (Lipinski definition) is 4. The molecular weight excluding hydrogens is 258 g/mol. The lowest BCUT2D eigenvalue weighted by molar-refractivity contribution is -0.146. The summed E-state index contributed by atoms with van der Waals surface area (Å²) in [6, 6.07) is 8.53. The molecule has 1 aromatic rings. The van der Waals surface area contributed by atoms with Crippen molar-refractivity contribution in [3.63, 3.8) is 0 Å². The van der Waals surface area contributed by atoms with Crippen LogP contribution in [0, 0.1) is 6.92 Å². The molecule has 0 aromatic heterocycles. The lowest BCUT2D eigenvalue weighted by Crippen LogP contribution is -2.45. The maximum absolute atomic E-state index is 11.4. The smallest absolute Gasteiger partial charge is 0.325 e. The maximum Gasteiger partial charge on any atom is 0.325 e. The Morgan fingerprint density at radius 2 is 2.21 bits per heavy atom. The Labute approximate surface area is 119 Å². The Morgan fingerprint density at radius 3 is 2.84 bits per heavy atom. The SMILES string of the molecule is COC(=O)C(C)(N)CCCSCc1cccc(C)c1. The lowest BCUT2D eigenvalue weighted by Gasteiger charge is -2.20. The maximum atomic E-state index is 11.4. The van der Waals surface area contributed by atoms with Gasteiger partial charge in [0.25, 0.3) is 0 Å². The Kier molecular flexibility index (Phi) is 6.38. The minimum atomic E-state index is -0.862. The molecule has 0 saturated carbocycles. The van der Waals surface area contributed by atoms with Crippen molar-refractivity contribution in [3.8, 4) is 0 Å². The zero-order valence-electron chi connectivity index (χ0n) is 11.9. The van der Waals surface area contributed by atoms with Gasteiger partial charge >= 0.3 is 5.97 Å². The van der Waals surface area contributed by atoms with E-state index in [2.05, 4.69) is 35.9 Å². The zero-order valence-corrected chi connectivity index (χ0v) is 12.8. The van der Waals surface area contributed by atoms with Crippen LogP contribution in [0.5, 0.6) is 0 Å². The second kappa shape index (κ2) is 7.56. The van der Waals surface area contributed by atoms with Crippen LogP contribution in [0.25, 0.3) is 0 Å². The number of ether oxygens (including phenoxy) is 1. The first-order valence-electron chi connectivity index (χ1n) is 6.46. The van der Waals surface area contributed by atoms with E-state index in [4.69, 9.17) is 5.73 Å². The lowest BCUT2D eigenvalue weighted by atomic mass is 9.98. The summed E-state index contributed by atoms with van der Waals surface area (Å²) in [5, 5.41) is 0. The molecule has 0 spiro atoms. The fourth-order valence-electron chi connectivity index (χ4n) is 1.87. The van der Waals surface area contributed by atoms with Crippen molar-refractivity contribution in [2.45, 2.75) is 38.0 Å². The van der Waals surface area contributed by atoms with Crippen LogP contribution in [-0.2, 0) is 15.3 Å². The predicted octanol–water partition coefficient (Wildman–Crippen LogP) is 2.90. The van der Waals surface area contributed by atoms with Gasteiger partial charge in [-0.2, -0.15) is 11.8 Å². The van der Waals surface area contributed by atoms with E-state index < -0.39 is 5.54 Å². The Hall–Kier alpha value is -1.00. The molecule has 0 bridgehead atoms. The quantitative estimate of drug-likeness (QED) is 0.617. The number of aryl methyl sites for hydroxylation is 1. The molecule has 0 aliphatic rings. The van der Waals surface area contributed by atoms with E-state index in [1.54, 1.807) is 6.92 Å². The molecule has 19 heavy (non-hydrogen) atoms. The van der Waals surface area contributed by atoms with Crippen LogP contribution in [0.2, 0.25) is 0 Å². The van der Waals surface area contributed by atoms with Crippen molar-refractivity contribution in [1.29, 1.82) is 0 Å². The van der Waals surface area contributed by atoms with E-state index in [1.807, 2.05) is 11.8 Å². The Bertz CT molecular complexity index is 418. The molecule has 0 amide bonds. The molecule has 0 fully saturated rings. The van der Waals surface area contributed by atoms with Crippen LogP contribution < -0.4 is 5.73 Å². The molecule has 1 unspecified atom stereocenters. The number of methoxy groups -OCH3 is 1. The normalized spacial score (nSPS) is 13.9. The number of benzene rings is 1. The molecule has 0 aliphatic heterocycles. The first-order valence-corrected chi connectivity index (χ1v) is 7.62. The Morgan fingerprint density at radius 1 is 1.47 bits per heavy atom. The second-order valence-electron chi connectivity index (χ2n) is 5.05. The molecule has 4 heteroatoms. The first-order chi connectivity index (χ1) is 8.95. The summed E-state index contributed by atoms with van der Waals surface area (Å²) >= 11 is 1.87. The first kappa shape index (κ1) is 16.1. The van der Waals surface area contributed by atoms with E-state index in [0.717, 1.165) is 17.9 Å². The summed E-state index contributed by atoms with van der Waals surface area (Å²) in [4.78, 5) is 11.4. The van der Waals surface area contributed by atoms with Gasteiger partial charge in [0.2, 0.25) is 0 Å². The van der Waals surface area contributed by atoms with Crippen molar-refractivity contribution < 1.29 is 9.53 Å². The van der Waals surface area contributed by atoms with E-state index in [-0.39, 0.29) is 5.97 Å². The number of carbonyl (C=O) groups excluding carboxylic acids is 1. The van der Waals surface area contributed by atoms with Crippen LogP contribution in [0.15, 0.2) is 24.3 Å². The number of carbonyl (C=O) groups is 1. The fourth-order valence-corrected chi connectivity index (χ4v) is 2.78. The number of esters is 1. The van der Waals surface area contributed by atoms with Crippen LogP contribution in [-0.4, -0.2) is 24.4 Å². The van der Waals surface area contributed by atoms with Gasteiger partial charge in [-0.1, -0.05) is 29.8 Å². The summed E-state index contributed by atoms with van der Waals surface area (Å²) in [5.74, 6) is 1.66. The number of thioether (sulfide) groups is 1. The summed E-state index contributed by atoms with van der Waals surface area (Å²) < 4.78 is 4.68. The summed E-state index contributed by atoms with van der Waals surface area (Å²) in [6.07, 6.45) is 1.57. The highest BCUT2D eigenvalue weighted by molar-refractivity contribution is 7.98. The molecule has 1 aromatic carbocycles. The number of nitrogens with two attached hydrogens (primary N) is 1. The molecule has 106 valence electrons. The van der Waals surface area contributed by atoms with Crippen molar-refractivity contribution in [2.24, 2.45) is 5.73 Å². The van der Waals surface area contributed by atoms with Crippen molar-refractivity contribution in [1.82, 2.24) is 0 Å². The van der Waals surface area contributed by atoms with Gasteiger partial charge in [0.1, 0.15) is 5.54 Å². The number of hydrogen-bond donors (Lipinski definition) is 1. The summed E-state index contributed by atoms with van der Waals surface area (Å²) in [7, 11) is 1.37. The van der Waals surface area contributed by atoms with Gasteiger partial charge in [0.05, 0.1) is 7.11 Å². The van der Waals surface area contributed by atoms with Crippen molar-refractivity contribution in [3.05, 3.63) is 35.4 Å². The summed E-state index contributed by atoms with van der Waals surface area (Å²) in [5.41, 5.74) is 7.67. The largest absolute Gasteiger partial charge is 0.468 e. The molecule has 2 N–H and O–H groups in total. The van der Waals surface area contributed by atoms with Crippen molar-refractivity contribution in [2.75, 3.05) is 12.9 Å². The van der Waals surface area contributed by atoms with Gasteiger partial charge in [-0.25, -0.2) is 0 Å². The van der Waals surface area contributed by atoms with Crippen LogP contribution >= 0.6 is 11.8 Å². The molecule has 0 saturated heterocycles. The predicted molar refractivity (Wildman–Crippen MR) is 81.2 cm³/mol. The van der Waals surface area contributed by atoms with Gasteiger partial charge in [-0.15, -0.1) is 0 Å². The van der Waals surface area contributed by atoms with E-state index in [9.17, 15) is 4.79 Å². The van der Waals surface area contributed by atoms with Crippen LogP contribution in [0.3, 0.4) is 0 Å². The van der Waals surface area contributed by atoms with Gasteiger partial charge in [-0.05, 0) is 38.0 Å². The molecule has 1 rings (SSSR count). The molecule has 0 radical (unpaired) electrons. The highest BCUT2D eigenvalue weighted by Crippen LogP contribution is 2.18. The molecule has 1 atom stereocenters. The molecule has 3 nitrogen and oxygen atoms in total.